The fourth-order valence-electron chi connectivity index (χ4n) is 13.7. The second-order valence-electron chi connectivity index (χ2n) is 22.4. The summed E-state index contributed by atoms with van der Waals surface area (Å²) in [5.41, 5.74) is 18.1. The van der Waals surface area contributed by atoms with E-state index >= 15 is 0 Å². The van der Waals surface area contributed by atoms with Crippen molar-refractivity contribution < 1.29 is 0 Å². The van der Waals surface area contributed by atoms with Gasteiger partial charge in [0.25, 0.3) is 0 Å². The lowest BCUT2D eigenvalue weighted by molar-refractivity contribution is 1.19. The number of fused-ring (bicyclic) bond motifs is 10. The van der Waals surface area contributed by atoms with Gasteiger partial charge < -0.3 is 18.9 Å². The van der Waals surface area contributed by atoms with Crippen LogP contribution in [0.2, 0.25) is 0 Å². The van der Waals surface area contributed by atoms with Crippen LogP contribution in [-0.4, -0.2) is 9.13 Å². The Hall–Kier alpha value is -11.5. The van der Waals surface area contributed by atoms with E-state index in [9.17, 15) is 0 Å². The van der Waals surface area contributed by atoms with Crippen molar-refractivity contribution in [2.75, 3.05) is 9.80 Å². The van der Waals surface area contributed by atoms with Gasteiger partial charge in [0, 0.05) is 66.4 Å². The van der Waals surface area contributed by atoms with Crippen LogP contribution in [0.5, 0.6) is 0 Å². The molecule has 0 saturated heterocycles. The highest BCUT2D eigenvalue weighted by Crippen LogP contribution is 2.46. The molecule has 15 aromatic carbocycles. The lowest BCUT2D eigenvalue weighted by Gasteiger charge is -2.29. The Morgan fingerprint density at radius 1 is 0.186 bits per heavy atom. The zero-order valence-corrected chi connectivity index (χ0v) is 47.0. The summed E-state index contributed by atoms with van der Waals surface area (Å²) in [6, 6.07) is 120. The summed E-state index contributed by atoms with van der Waals surface area (Å²) in [5, 5.41) is 14.5. The van der Waals surface area contributed by atoms with E-state index in [1.165, 1.54) is 86.9 Å². The Balaban J connectivity index is 0.858. The summed E-state index contributed by atoms with van der Waals surface area (Å²) < 4.78 is 4.94. The molecule has 4 heteroatoms. The Morgan fingerprint density at radius 3 is 0.919 bits per heavy atom. The van der Waals surface area contributed by atoms with E-state index in [4.69, 9.17) is 0 Å². The summed E-state index contributed by atoms with van der Waals surface area (Å²) in [6.07, 6.45) is 0. The molecule has 4 nitrogen and oxygen atoms in total. The highest BCUT2D eigenvalue weighted by Gasteiger charge is 2.23. The number of hydrogen-bond acceptors (Lipinski definition) is 2. The van der Waals surface area contributed by atoms with Crippen LogP contribution in [0.15, 0.2) is 328 Å². The van der Waals surface area contributed by atoms with Gasteiger partial charge in [-0.3, -0.25) is 0 Å². The number of hydrogen-bond donors (Lipinski definition) is 0. The first kappa shape index (κ1) is 49.2. The minimum Gasteiger partial charge on any atom is -0.310 e. The average molecular weight is 1100 g/mol. The Morgan fingerprint density at radius 2 is 0.488 bits per heavy atom. The van der Waals surface area contributed by atoms with Gasteiger partial charge in [0.2, 0.25) is 0 Å². The summed E-state index contributed by atoms with van der Waals surface area (Å²) in [6.45, 7) is 0. The molecule has 0 amide bonds. The lowest BCUT2D eigenvalue weighted by atomic mass is 9.97. The SMILES string of the molecule is c1ccc(N(c2cccc(N(c3ccccc3)c3ccc4c(c3)c3cc(-c5cccc6ccccc56)ccc3n4-c3cccc4ccccc34)c2)c2ccc3c(c2)c2cc(-c4cccc5ccccc45)ccc2n3-c2cccc3ccccc23)cc1. The average Bonchev–Trinajstić information content (AvgIpc) is 1.69. The van der Waals surface area contributed by atoms with Crippen molar-refractivity contribution in [1.82, 2.24) is 9.13 Å². The van der Waals surface area contributed by atoms with Gasteiger partial charge in [-0.2, -0.15) is 0 Å². The molecule has 2 heterocycles. The van der Waals surface area contributed by atoms with E-state index in [-0.39, 0.29) is 0 Å². The molecule has 0 radical (unpaired) electrons. The highest BCUT2D eigenvalue weighted by molar-refractivity contribution is 6.16. The molecule has 0 spiro atoms. The summed E-state index contributed by atoms with van der Waals surface area (Å²) in [5.74, 6) is 0. The van der Waals surface area contributed by atoms with Gasteiger partial charge >= 0.3 is 0 Å². The standard InChI is InChI=1S/C82H54N4/c1-3-28-61(29-4-1)83(65-44-48-81-75(53-65)73-50-59(69-38-15-24-55-20-7-11-34-67(55)69)42-46-79(73)85(81)77-40-17-26-57-22-9-13-36-71(57)77)63-32-19-33-64(52-63)84(62-30-5-2-6-31-62)66-45-49-82-76(54-66)74-51-60(70-39-16-25-56-21-8-12-35-68(56)70)43-47-80(74)86(82)78-41-18-27-58-23-10-14-37-72(58)78/h1-54H. The Bertz CT molecular complexity index is 5140. The number of aromatic nitrogens is 2. The first-order valence-electron chi connectivity index (χ1n) is 29.6. The van der Waals surface area contributed by atoms with Crippen molar-refractivity contribution in [2.45, 2.75) is 0 Å². The van der Waals surface area contributed by atoms with E-state index in [0.717, 1.165) is 67.6 Å². The zero-order chi connectivity index (χ0) is 56.7. The predicted molar refractivity (Wildman–Crippen MR) is 365 cm³/mol. The molecular formula is C82H54N4. The van der Waals surface area contributed by atoms with E-state index in [0.29, 0.717) is 0 Å². The molecule has 17 rings (SSSR count). The maximum Gasteiger partial charge on any atom is 0.0542 e. The van der Waals surface area contributed by atoms with Crippen molar-refractivity contribution >= 4 is 121 Å². The number of para-hydroxylation sites is 2. The van der Waals surface area contributed by atoms with Crippen LogP contribution in [0.4, 0.5) is 34.1 Å². The highest BCUT2D eigenvalue weighted by atomic mass is 15.2. The van der Waals surface area contributed by atoms with Gasteiger partial charge in [0.15, 0.2) is 0 Å². The van der Waals surface area contributed by atoms with E-state index in [1.54, 1.807) is 0 Å². The molecule has 0 aliphatic rings. The van der Waals surface area contributed by atoms with Crippen molar-refractivity contribution in [3.63, 3.8) is 0 Å². The van der Waals surface area contributed by atoms with Crippen LogP contribution in [0.25, 0.3) is 120 Å². The molecule has 86 heavy (non-hydrogen) atoms. The van der Waals surface area contributed by atoms with Gasteiger partial charge in [0.1, 0.15) is 0 Å². The summed E-state index contributed by atoms with van der Waals surface area (Å²) in [4.78, 5) is 4.83. The Labute approximate surface area is 498 Å². The topological polar surface area (TPSA) is 16.3 Å². The van der Waals surface area contributed by atoms with Gasteiger partial charge in [-0.25, -0.2) is 0 Å². The quantitative estimate of drug-likeness (QED) is 0.136. The molecule has 402 valence electrons. The number of rotatable bonds is 10. The van der Waals surface area contributed by atoms with Crippen LogP contribution >= 0.6 is 0 Å². The molecule has 0 aliphatic heterocycles. The first-order valence-corrected chi connectivity index (χ1v) is 29.6. The van der Waals surface area contributed by atoms with Crippen LogP contribution < -0.4 is 9.80 Å². The van der Waals surface area contributed by atoms with Crippen molar-refractivity contribution in [1.29, 1.82) is 0 Å². The summed E-state index contributed by atoms with van der Waals surface area (Å²) >= 11 is 0. The molecular weight excluding hydrogens is 1040 g/mol. The first-order chi connectivity index (χ1) is 42.7. The van der Waals surface area contributed by atoms with E-state index in [2.05, 4.69) is 347 Å². The molecule has 0 saturated carbocycles. The molecule has 0 aliphatic carbocycles. The predicted octanol–water partition coefficient (Wildman–Crippen LogP) is 22.8. The second-order valence-corrected chi connectivity index (χ2v) is 22.4. The third kappa shape index (κ3) is 8.07. The van der Waals surface area contributed by atoms with Gasteiger partial charge in [-0.05, 0) is 170 Å². The van der Waals surface area contributed by atoms with E-state index in [1.807, 2.05) is 0 Å². The zero-order valence-electron chi connectivity index (χ0n) is 47.0. The molecule has 0 N–H and O–H groups in total. The fourth-order valence-corrected chi connectivity index (χ4v) is 13.7. The molecule has 17 aromatic rings. The molecule has 0 fully saturated rings. The largest absolute Gasteiger partial charge is 0.310 e. The van der Waals surface area contributed by atoms with Crippen LogP contribution in [0.1, 0.15) is 0 Å². The monoisotopic (exact) mass is 1090 g/mol. The summed E-state index contributed by atoms with van der Waals surface area (Å²) in [7, 11) is 0. The lowest BCUT2D eigenvalue weighted by Crippen LogP contribution is -2.13. The van der Waals surface area contributed by atoms with E-state index < -0.39 is 0 Å². The Kier molecular flexibility index (Phi) is 11.5. The normalized spacial score (nSPS) is 11.7. The van der Waals surface area contributed by atoms with Crippen molar-refractivity contribution in [3.05, 3.63) is 328 Å². The maximum absolute atomic E-state index is 2.47. The van der Waals surface area contributed by atoms with Gasteiger partial charge in [0.05, 0.1) is 33.4 Å². The maximum atomic E-state index is 2.47. The fraction of sp³-hybridized carbons (Fsp3) is 0. The van der Waals surface area contributed by atoms with Crippen LogP contribution in [0, 0.1) is 0 Å². The molecule has 0 unspecified atom stereocenters. The van der Waals surface area contributed by atoms with Gasteiger partial charge in [-0.15, -0.1) is 0 Å². The third-order valence-corrected chi connectivity index (χ3v) is 17.6. The minimum absolute atomic E-state index is 1.04. The van der Waals surface area contributed by atoms with Crippen molar-refractivity contribution in [2.24, 2.45) is 0 Å². The molecule has 2 aromatic heterocycles. The van der Waals surface area contributed by atoms with Crippen LogP contribution in [0.3, 0.4) is 0 Å². The molecule has 0 atom stereocenters. The van der Waals surface area contributed by atoms with Crippen molar-refractivity contribution in [3.8, 4) is 33.6 Å². The number of nitrogens with zero attached hydrogens (tertiary/aromatic N) is 4. The van der Waals surface area contributed by atoms with Gasteiger partial charge in [-0.1, -0.05) is 212 Å². The van der Waals surface area contributed by atoms with Crippen LogP contribution in [-0.2, 0) is 0 Å². The third-order valence-electron chi connectivity index (χ3n) is 17.6. The number of benzene rings is 15. The molecule has 0 bridgehead atoms. The minimum atomic E-state index is 1.04. The smallest absolute Gasteiger partial charge is 0.0542 e. The number of anilines is 6. The second kappa shape index (κ2) is 20.2.